The van der Waals surface area contributed by atoms with Crippen LogP contribution in [0, 0.1) is 0 Å². The first-order valence-electron chi connectivity index (χ1n) is 12.4. The maximum Gasteiger partial charge on any atom is 0.398 e. The number of pyridine rings is 2. The summed E-state index contributed by atoms with van der Waals surface area (Å²) in [6.45, 7) is 5.46. The maximum atomic E-state index is 13.5. The highest BCUT2D eigenvalue weighted by atomic mass is 19.4. The number of benzene rings is 1. The van der Waals surface area contributed by atoms with Crippen LogP contribution in [0.2, 0.25) is 0 Å². The van der Waals surface area contributed by atoms with Crippen LogP contribution in [-0.4, -0.2) is 38.5 Å². The Kier molecular flexibility index (Phi) is 6.16. The van der Waals surface area contributed by atoms with Gasteiger partial charge in [-0.1, -0.05) is 18.2 Å². The van der Waals surface area contributed by atoms with Crippen LogP contribution in [0.25, 0.3) is 0 Å². The highest BCUT2D eigenvalue weighted by Gasteiger charge is 2.64. The van der Waals surface area contributed by atoms with E-state index < -0.39 is 29.1 Å². The van der Waals surface area contributed by atoms with E-state index in [2.05, 4.69) is 15.3 Å². The molecule has 0 radical (unpaired) electrons. The predicted octanol–water partition coefficient (Wildman–Crippen LogP) is 5.99. The molecule has 1 N–H and O–H groups in total. The summed E-state index contributed by atoms with van der Waals surface area (Å²) in [4.78, 5) is 37.8. The first kappa shape index (κ1) is 25.7. The van der Waals surface area contributed by atoms with Crippen LogP contribution in [-0.2, 0) is 16.8 Å². The topological polar surface area (TPSA) is 78.4 Å². The van der Waals surface area contributed by atoms with Gasteiger partial charge in [0.25, 0.3) is 5.91 Å². The maximum absolute atomic E-state index is 13.5. The van der Waals surface area contributed by atoms with Crippen LogP contribution in [0.15, 0.2) is 67.1 Å². The lowest BCUT2D eigenvalue weighted by Crippen LogP contribution is -2.43. The molecule has 0 bridgehead atoms. The van der Waals surface area contributed by atoms with Gasteiger partial charge in [0.05, 0.1) is 17.1 Å². The Hall–Kier alpha value is -3.95. The second kappa shape index (κ2) is 9.11. The number of carbonyl (C=O) groups is 2. The molecule has 1 saturated carbocycles. The predicted molar refractivity (Wildman–Crippen MR) is 136 cm³/mol. The Bertz CT molecular complexity index is 1350. The van der Waals surface area contributed by atoms with Gasteiger partial charge in [-0.15, -0.1) is 0 Å². The number of urea groups is 1. The monoisotopic (exact) mass is 523 g/mol. The third-order valence-corrected chi connectivity index (χ3v) is 7.51. The molecule has 1 saturated heterocycles. The highest BCUT2D eigenvalue weighted by Crippen LogP contribution is 2.59. The number of hydrogen-bond acceptors (Lipinski definition) is 5. The van der Waals surface area contributed by atoms with E-state index in [1.807, 2.05) is 25.1 Å². The third-order valence-electron chi connectivity index (χ3n) is 7.51. The van der Waals surface area contributed by atoms with E-state index in [1.165, 1.54) is 29.2 Å². The van der Waals surface area contributed by atoms with Gasteiger partial charge in [-0.3, -0.25) is 9.78 Å². The van der Waals surface area contributed by atoms with Crippen molar-refractivity contribution >= 4 is 23.4 Å². The molecular weight excluding hydrogens is 495 g/mol. The number of aromatic nitrogens is 2. The third kappa shape index (κ3) is 4.37. The Morgan fingerprint density at radius 2 is 1.76 bits per heavy atom. The second-order valence-corrected chi connectivity index (χ2v) is 10.4. The Labute approximate surface area is 218 Å². The van der Waals surface area contributed by atoms with Crippen molar-refractivity contribution in [3.05, 3.63) is 83.8 Å². The molecule has 3 heterocycles. The average molecular weight is 524 g/mol. The number of alkyl halides is 3. The smallest absolute Gasteiger partial charge is 0.363 e. The Balaban J connectivity index is 1.34. The molecule has 10 heteroatoms. The fourth-order valence-electron chi connectivity index (χ4n) is 4.89. The first-order valence-corrected chi connectivity index (χ1v) is 12.4. The van der Waals surface area contributed by atoms with Crippen molar-refractivity contribution in [3.63, 3.8) is 0 Å². The van der Waals surface area contributed by atoms with Gasteiger partial charge in [0.15, 0.2) is 0 Å². The Morgan fingerprint density at radius 3 is 2.37 bits per heavy atom. The van der Waals surface area contributed by atoms with Crippen LogP contribution in [0.5, 0.6) is 0 Å². The van der Waals surface area contributed by atoms with Crippen molar-refractivity contribution in [1.82, 2.24) is 14.9 Å². The molecule has 1 aliphatic heterocycles. The van der Waals surface area contributed by atoms with Crippen molar-refractivity contribution in [2.24, 2.45) is 0 Å². The molecular formula is C28H28F3N5O2. The number of rotatable bonds is 7. The highest BCUT2D eigenvalue weighted by molar-refractivity contribution is 6.22. The molecule has 5 rings (SSSR count). The van der Waals surface area contributed by atoms with Crippen LogP contribution in [0.1, 0.15) is 56.3 Å². The minimum Gasteiger partial charge on any atom is -0.363 e. The summed E-state index contributed by atoms with van der Waals surface area (Å²) in [6.07, 6.45) is 0.862. The largest absolute Gasteiger partial charge is 0.398 e. The van der Waals surface area contributed by atoms with Gasteiger partial charge in [0.2, 0.25) is 0 Å². The van der Waals surface area contributed by atoms with Crippen molar-refractivity contribution in [1.29, 1.82) is 0 Å². The lowest BCUT2D eigenvalue weighted by Gasteiger charge is -2.28. The zero-order chi connectivity index (χ0) is 27.3. The molecule has 3 aromatic rings. The normalized spacial score (nSPS) is 19.0. The number of nitrogens with zero attached hydrogens (tertiary/aromatic N) is 4. The van der Waals surface area contributed by atoms with E-state index in [9.17, 15) is 22.8 Å². The summed E-state index contributed by atoms with van der Waals surface area (Å²) in [7, 11) is 0. The van der Waals surface area contributed by atoms with Gasteiger partial charge in [0.1, 0.15) is 11.4 Å². The summed E-state index contributed by atoms with van der Waals surface area (Å²) in [5.74, 6) is 0.172. The molecule has 1 aromatic carbocycles. The summed E-state index contributed by atoms with van der Waals surface area (Å²) >= 11 is 0. The van der Waals surface area contributed by atoms with Crippen molar-refractivity contribution in [2.45, 2.75) is 63.3 Å². The summed E-state index contributed by atoms with van der Waals surface area (Å²) in [5, 5.41) is 3.32. The van der Waals surface area contributed by atoms with Gasteiger partial charge in [-0.25, -0.2) is 14.7 Å². The Morgan fingerprint density at radius 1 is 1.05 bits per heavy atom. The van der Waals surface area contributed by atoms with E-state index >= 15 is 0 Å². The summed E-state index contributed by atoms with van der Waals surface area (Å²) in [6, 6.07) is 12.4. The van der Waals surface area contributed by atoms with Gasteiger partial charge in [-0.2, -0.15) is 13.2 Å². The molecule has 1 unspecified atom stereocenters. The number of imide groups is 1. The van der Waals surface area contributed by atoms with Crippen LogP contribution >= 0.6 is 0 Å². The molecule has 2 aromatic heterocycles. The quantitative estimate of drug-likeness (QED) is 0.385. The van der Waals surface area contributed by atoms with Crippen molar-refractivity contribution < 1.29 is 22.8 Å². The van der Waals surface area contributed by atoms with Crippen LogP contribution in [0.3, 0.4) is 0 Å². The van der Waals surface area contributed by atoms with Crippen LogP contribution in [0.4, 0.5) is 29.5 Å². The number of anilines is 2. The number of amides is 3. The number of carbonyl (C=O) groups excluding carboxylic acids is 2. The molecule has 198 valence electrons. The first-order chi connectivity index (χ1) is 17.9. The van der Waals surface area contributed by atoms with Gasteiger partial charge in [0, 0.05) is 25.1 Å². The number of nitrogens with one attached hydrogen (secondary N) is 1. The van der Waals surface area contributed by atoms with E-state index in [4.69, 9.17) is 0 Å². The minimum absolute atomic E-state index is 0.0437. The molecule has 1 aliphatic carbocycles. The van der Waals surface area contributed by atoms with E-state index in [-0.39, 0.29) is 36.7 Å². The molecule has 38 heavy (non-hydrogen) atoms. The molecule has 1 atom stereocenters. The van der Waals surface area contributed by atoms with Crippen LogP contribution < -0.4 is 10.2 Å². The number of halogens is 3. The minimum atomic E-state index is -4.33. The van der Waals surface area contributed by atoms with Crippen molar-refractivity contribution in [2.75, 3.05) is 10.2 Å². The van der Waals surface area contributed by atoms with E-state index in [0.717, 1.165) is 16.0 Å². The second-order valence-electron chi connectivity index (χ2n) is 10.4. The SMILES string of the molecule is CC(Nc1cc(CN2C(=O)N(c3ccc(C4(C(F)(F)F)CC4)cc3)C(=O)C2(C)C)ccn1)c1cccnc1. The van der Waals surface area contributed by atoms with Gasteiger partial charge in [-0.05, 0) is 80.6 Å². The number of hydrogen-bond donors (Lipinski definition) is 1. The summed E-state index contributed by atoms with van der Waals surface area (Å²) < 4.78 is 40.5. The van der Waals surface area contributed by atoms with Crippen molar-refractivity contribution in [3.8, 4) is 0 Å². The standard InChI is InChI=1S/C28H28F3N5O2/c1-18(20-5-4-13-32-16-20)34-23-15-19(10-14-33-23)17-35-25(38)36(24(37)26(35,2)3)22-8-6-21(7-9-22)27(11-12-27)28(29,30)31/h4-10,13-16,18H,11-12,17H2,1-3H3,(H,33,34). The summed E-state index contributed by atoms with van der Waals surface area (Å²) in [5.41, 5.74) is -0.809. The lowest BCUT2D eigenvalue weighted by molar-refractivity contribution is -0.160. The van der Waals surface area contributed by atoms with Gasteiger partial charge < -0.3 is 10.2 Å². The van der Waals surface area contributed by atoms with E-state index in [0.29, 0.717) is 5.82 Å². The fourth-order valence-corrected chi connectivity index (χ4v) is 4.89. The fraction of sp³-hybridized carbons (Fsp3) is 0.357. The van der Waals surface area contributed by atoms with Gasteiger partial charge >= 0.3 is 12.2 Å². The molecule has 2 aliphatic rings. The molecule has 2 fully saturated rings. The molecule has 7 nitrogen and oxygen atoms in total. The molecule has 3 amide bonds. The lowest BCUT2D eigenvalue weighted by atomic mass is 9.95. The molecule has 0 spiro atoms. The van der Waals surface area contributed by atoms with E-state index in [1.54, 1.807) is 38.5 Å². The zero-order valence-electron chi connectivity index (χ0n) is 21.3. The average Bonchev–Trinajstić information content (AvgIpc) is 3.68. The zero-order valence-corrected chi connectivity index (χ0v) is 21.3.